The first-order valence-corrected chi connectivity index (χ1v) is 14.6. The molecule has 40 heavy (non-hydrogen) atoms. The van der Waals surface area contributed by atoms with Crippen LogP contribution in [0.15, 0.2) is 48.7 Å². The highest BCUT2D eigenvalue weighted by molar-refractivity contribution is 7.20. The van der Waals surface area contributed by atoms with Crippen LogP contribution in [0.4, 0.5) is 5.82 Å². The van der Waals surface area contributed by atoms with Crippen LogP contribution in [0, 0.1) is 0 Å². The van der Waals surface area contributed by atoms with Crippen molar-refractivity contribution in [3.8, 4) is 11.4 Å². The molecule has 0 bridgehead atoms. The number of thiophene rings is 1. The number of rotatable bonds is 8. The molecule has 5 heterocycles. The molecule has 0 aliphatic carbocycles. The monoisotopic (exact) mass is 556 g/mol. The molecule has 206 valence electrons. The number of nitrogens with one attached hydrogen (secondary N) is 1. The third-order valence-electron chi connectivity index (χ3n) is 7.43. The summed E-state index contributed by atoms with van der Waals surface area (Å²) in [5, 5.41) is 8.26. The third-order valence-corrected chi connectivity index (χ3v) is 8.63. The van der Waals surface area contributed by atoms with Crippen LogP contribution in [0.2, 0.25) is 0 Å². The number of amides is 1. The zero-order valence-corrected chi connectivity index (χ0v) is 23.4. The summed E-state index contributed by atoms with van der Waals surface area (Å²) in [6, 6.07) is 8.21. The van der Waals surface area contributed by atoms with E-state index < -0.39 is 0 Å². The van der Waals surface area contributed by atoms with Gasteiger partial charge < -0.3 is 14.5 Å². The number of anilines is 1. The van der Waals surface area contributed by atoms with Crippen molar-refractivity contribution in [1.29, 1.82) is 0 Å². The number of aromatic nitrogens is 4. The van der Waals surface area contributed by atoms with Gasteiger partial charge in [-0.15, -0.1) is 11.3 Å². The average molecular weight is 557 g/mol. The van der Waals surface area contributed by atoms with E-state index in [9.17, 15) is 9.59 Å². The lowest BCUT2D eigenvalue weighted by Gasteiger charge is -2.28. The number of ketones is 1. The number of carbonyl (C=O) groups excluding carboxylic acids is 2. The van der Waals surface area contributed by atoms with E-state index in [0.717, 1.165) is 52.0 Å². The molecule has 0 unspecified atom stereocenters. The van der Waals surface area contributed by atoms with E-state index in [0.29, 0.717) is 51.4 Å². The summed E-state index contributed by atoms with van der Waals surface area (Å²) in [5.41, 5.74) is 4.07. The minimum atomic E-state index is 0.0741. The minimum absolute atomic E-state index is 0.0741. The molecule has 0 spiro atoms. The number of carbonyl (C=O) groups is 2. The van der Waals surface area contributed by atoms with Crippen LogP contribution < -0.4 is 4.90 Å². The lowest BCUT2D eigenvalue weighted by molar-refractivity contribution is -0.130. The van der Waals surface area contributed by atoms with Crippen LogP contribution >= 0.6 is 11.3 Å². The smallest absolute Gasteiger partial charge is 0.222 e. The summed E-state index contributed by atoms with van der Waals surface area (Å²) >= 11 is 1.72. The van der Waals surface area contributed by atoms with Gasteiger partial charge in [-0.3, -0.25) is 14.7 Å². The summed E-state index contributed by atoms with van der Waals surface area (Å²) in [5.74, 6) is 1.82. The van der Waals surface area contributed by atoms with Gasteiger partial charge in [-0.1, -0.05) is 24.3 Å². The zero-order chi connectivity index (χ0) is 27.5. The number of aromatic amines is 1. The van der Waals surface area contributed by atoms with E-state index in [1.54, 1.807) is 23.5 Å². The summed E-state index contributed by atoms with van der Waals surface area (Å²) in [6.07, 6.45) is 9.49. The molecule has 10 heteroatoms. The Balaban J connectivity index is 1.27. The molecule has 3 aromatic heterocycles. The second-order valence-electron chi connectivity index (χ2n) is 10.1. The molecular formula is C30H32N6O3S. The van der Waals surface area contributed by atoms with Gasteiger partial charge in [-0.2, -0.15) is 5.10 Å². The molecule has 4 aromatic rings. The highest BCUT2D eigenvalue weighted by Crippen LogP contribution is 2.39. The standard InChI is InChI=1S/C30H32N6O3S/c1-2-5-21(37)6-3-9-27(38)35-12-10-20(11-13-35)26-18-25-28(40-26)30(36-14-16-39-17-15-36)33-29(32-25)22-7-4-8-24-23(22)19-31-34-24/h2,4-5,7-8,10,18-19H,3,6,9,11-17H2,1H3,(H,31,34)/b5-2+. The largest absolute Gasteiger partial charge is 0.378 e. The number of allylic oxidation sites excluding steroid dienone is 2. The van der Waals surface area contributed by atoms with E-state index in [1.165, 1.54) is 10.5 Å². The zero-order valence-electron chi connectivity index (χ0n) is 22.6. The van der Waals surface area contributed by atoms with Gasteiger partial charge in [-0.05, 0) is 43.5 Å². The van der Waals surface area contributed by atoms with Gasteiger partial charge in [0.2, 0.25) is 5.91 Å². The van der Waals surface area contributed by atoms with Crippen molar-refractivity contribution in [3.05, 3.63) is 53.6 Å². The Hall–Kier alpha value is -3.89. The first-order valence-electron chi connectivity index (χ1n) is 13.8. The fourth-order valence-electron chi connectivity index (χ4n) is 5.31. The van der Waals surface area contributed by atoms with Crippen molar-refractivity contribution in [1.82, 2.24) is 25.1 Å². The summed E-state index contributed by atoms with van der Waals surface area (Å²) in [4.78, 5) is 39.9. The predicted octanol–water partition coefficient (Wildman–Crippen LogP) is 5.00. The number of H-pyrrole nitrogens is 1. The number of hydrogen-bond acceptors (Lipinski definition) is 8. The molecular weight excluding hydrogens is 524 g/mol. The molecule has 1 aromatic carbocycles. The molecule has 2 aliphatic rings. The predicted molar refractivity (Wildman–Crippen MR) is 158 cm³/mol. The van der Waals surface area contributed by atoms with Crippen molar-refractivity contribution < 1.29 is 14.3 Å². The van der Waals surface area contributed by atoms with E-state index in [-0.39, 0.29) is 11.7 Å². The van der Waals surface area contributed by atoms with Crippen molar-refractivity contribution in [2.45, 2.75) is 32.6 Å². The quantitative estimate of drug-likeness (QED) is 0.305. The first kappa shape index (κ1) is 26.3. The fourth-order valence-corrected chi connectivity index (χ4v) is 6.49. The Labute approximate surface area is 236 Å². The molecule has 0 radical (unpaired) electrons. The number of hydrogen-bond donors (Lipinski definition) is 1. The Kier molecular flexibility index (Phi) is 7.70. The third kappa shape index (κ3) is 5.41. The Morgan fingerprint density at radius 2 is 2.02 bits per heavy atom. The van der Waals surface area contributed by atoms with Crippen LogP contribution in [0.5, 0.6) is 0 Å². The van der Waals surface area contributed by atoms with Crippen LogP contribution in [0.25, 0.3) is 38.1 Å². The molecule has 1 N–H and O–H groups in total. The van der Waals surface area contributed by atoms with Gasteiger partial charge in [0.1, 0.15) is 0 Å². The van der Waals surface area contributed by atoms with Crippen LogP contribution in [-0.4, -0.2) is 76.1 Å². The normalized spacial score (nSPS) is 16.3. The minimum Gasteiger partial charge on any atom is -0.378 e. The van der Waals surface area contributed by atoms with Crippen LogP contribution in [-0.2, 0) is 14.3 Å². The maximum Gasteiger partial charge on any atom is 0.222 e. The van der Waals surface area contributed by atoms with E-state index in [1.807, 2.05) is 36.2 Å². The van der Waals surface area contributed by atoms with Crippen molar-refractivity contribution in [3.63, 3.8) is 0 Å². The highest BCUT2D eigenvalue weighted by Gasteiger charge is 2.23. The van der Waals surface area contributed by atoms with Gasteiger partial charge >= 0.3 is 0 Å². The summed E-state index contributed by atoms with van der Waals surface area (Å²) in [7, 11) is 0. The number of benzene rings is 1. The molecule has 1 amide bonds. The molecule has 0 atom stereocenters. The molecule has 9 nitrogen and oxygen atoms in total. The topological polar surface area (TPSA) is 104 Å². The number of ether oxygens (including phenoxy) is 1. The Morgan fingerprint density at radius 1 is 1.15 bits per heavy atom. The van der Waals surface area contributed by atoms with Crippen molar-refractivity contribution in [2.75, 3.05) is 44.3 Å². The average Bonchev–Trinajstić information content (AvgIpc) is 3.65. The number of morpholine rings is 1. The van der Waals surface area contributed by atoms with Gasteiger partial charge in [-0.25, -0.2) is 9.97 Å². The maximum absolute atomic E-state index is 12.7. The van der Waals surface area contributed by atoms with Crippen LogP contribution in [0.3, 0.4) is 0 Å². The Bertz CT molecular complexity index is 1610. The second kappa shape index (κ2) is 11.7. The Morgan fingerprint density at radius 3 is 2.83 bits per heavy atom. The van der Waals surface area contributed by atoms with Crippen molar-refractivity contribution in [2.24, 2.45) is 0 Å². The lowest BCUT2D eigenvalue weighted by atomic mass is 10.1. The van der Waals surface area contributed by atoms with Crippen LogP contribution in [0.1, 0.15) is 37.5 Å². The second-order valence-corrected chi connectivity index (χ2v) is 11.1. The van der Waals surface area contributed by atoms with Gasteiger partial charge in [0.15, 0.2) is 17.4 Å². The summed E-state index contributed by atoms with van der Waals surface area (Å²) in [6.45, 7) is 6.01. The number of nitrogens with zero attached hydrogens (tertiary/aromatic N) is 5. The molecule has 6 rings (SSSR count). The summed E-state index contributed by atoms with van der Waals surface area (Å²) < 4.78 is 6.69. The van der Waals surface area contributed by atoms with E-state index in [4.69, 9.17) is 14.7 Å². The molecule has 0 saturated carbocycles. The van der Waals surface area contributed by atoms with E-state index in [2.05, 4.69) is 27.2 Å². The molecule has 2 aliphatic heterocycles. The van der Waals surface area contributed by atoms with Crippen molar-refractivity contribution >= 4 is 55.5 Å². The maximum atomic E-state index is 12.7. The van der Waals surface area contributed by atoms with Gasteiger partial charge in [0.25, 0.3) is 0 Å². The van der Waals surface area contributed by atoms with Gasteiger partial charge in [0, 0.05) is 54.8 Å². The highest BCUT2D eigenvalue weighted by atomic mass is 32.1. The molecule has 1 fully saturated rings. The first-order chi connectivity index (χ1) is 19.6. The lowest BCUT2D eigenvalue weighted by Crippen LogP contribution is -2.36. The SMILES string of the molecule is C/C=C/C(=O)CCCC(=O)N1CC=C(c2cc3nc(-c4cccc5[nH]ncc45)nc(N4CCOCC4)c3s2)CC1. The van der Waals surface area contributed by atoms with Gasteiger partial charge in [0.05, 0.1) is 35.1 Å². The number of fused-ring (bicyclic) bond motifs is 2. The van der Waals surface area contributed by atoms with E-state index >= 15 is 0 Å². The molecule has 1 saturated heterocycles. The fraction of sp³-hybridized carbons (Fsp3) is 0.367.